The summed E-state index contributed by atoms with van der Waals surface area (Å²) in [6, 6.07) is 5.35. The molecule has 0 amide bonds. The van der Waals surface area contributed by atoms with Crippen molar-refractivity contribution in [3.8, 4) is 10.4 Å². The lowest BCUT2D eigenvalue weighted by molar-refractivity contribution is 1.42. The van der Waals surface area contributed by atoms with E-state index in [1.54, 1.807) is 18.3 Å². The molecular formula is C9H6Cl2N2S. The minimum absolute atomic E-state index is 0.533. The first-order chi connectivity index (χ1) is 6.66. The molecule has 72 valence electrons. The third-order valence-corrected chi connectivity index (χ3v) is 3.13. The van der Waals surface area contributed by atoms with Crippen LogP contribution in [0.2, 0.25) is 10.0 Å². The Bertz CT molecular complexity index is 468. The van der Waals surface area contributed by atoms with Gasteiger partial charge in [-0.15, -0.1) is 0 Å². The molecule has 14 heavy (non-hydrogen) atoms. The third kappa shape index (κ3) is 1.85. The number of anilines is 1. The number of rotatable bonds is 1. The first-order valence-electron chi connectivity index (χ1n) is 3.83. The molecule has 0 aliphatic rings. The number of hydrogen-bond donors (Lipinski definition) is 1. The van der Waals surface area contributed by atoms with Gasteiger partial charge in [-0.2, -0.15) is 0 Å². The van der Waals surface area contributed by atoms with Gasteiger partial charge < -0.3 is 5.73 Å². The molecule has 0 unspecified atom stereocenters. The normalized spacial score (nSPS) is 10.4. The number of nitrogen functional groups attached to an aromatic ring is 1. The summed E-state index contributed by atoms with van der Waals surface area (Å²) in [4.78, 5) is 4.91. The Hall–Kier alpha value is -0.770. The van der Waals surface area contributed by atoms with Crippen molar-refractivity contribution in [2.24, 2.45) is 0 Å². The molecule has 0 fully saturated rings. The van der Waals surface area contributed by atoms with Gasteiger partial charge in [0.1, 0.15) is 0 Å². The van der Waals surface area contributed by atoms with Crippen LogP contribution >= 0.6 is 34.5 Å². The van der Waals surface area contributed by atoms with Gasteiger partial charge in [0.25, 0.3) is 0 Å². The highest BCUT2D eigenvalue weighted by Crippen LogP contribution is 2.34. The third-order valence-electron chi connectivity index (χ3n) is 1.72. The molecule has 1 aromatic heterocycles. The van der Waals surface area contributed by atoms with Crippen LogP contribution in [0, 0.1) is 0 Å². The lowest BCUT2D eigenvalue weighted by Gasteiger charge is -2.00. The van der Waals surface area contributed by atoms with Gasteiger partial charge in [-0.25, -0.2) is 4.98 Å². The topological polar surface area (TPSA) is 38.9 Å². The summed E-state index contributed by atoms with van der Waals surface area (Å²) >= 11 is 13.2. The van der Waals surface area contributed by atoms with Gasteiger partial charge in [-0.1, -0.05) is 40.6 Å². The molecule has 0 aliphatic carbocycles. The van der Waals surface area contributed by atoms with Crippen molar-refractivity contribution in [1.82, 2.24) is 4.98 Å². The van der Waals surface area contributed by atoms with E-state index >= 15 is 0 Å². The minimum atomic E-state index is 0.533. The van der Waals surface area contributed by atoms with Gasteiger partial charge in [0.15, 0.2) is 5.13 Å². The van der Waals surface area contributed by atoms with Crippen LogP contribution in [0.5, 0.6) is 0 Å². The summed E-state index contributed by atoms with van der Waals surface area (Å²) in [7, 11) is 0. The van der Waals surface area contributed by atoms with E-state index in [4.69, 9.17) is 28.9 Å². The van der Waals surface area contributed by atoms with Gasteiger partial charge >= 0.3 is 0 Å². The molecule has 0 spiro atoms. The van der Waals surface area contributed by atoms with E-state index in [0.29, 0.717) is 15.2 Å². The van der Waals surface area contributed by atoms with E-state index in [-0.39, 0.29) is 0 Å². The second kappa shape index (κ2) is 3.77. The molecule has 5 heteroatoms. The van der Waals surface area contributed by atoms with E-state index in [2.05, 4.69) is 4.98 Å². The Morgan fingerprint density at radius 1 is 1.29 bits per heavy atom. The molecule has 1 aromatic carbocycles. The van der Waals surface area contributed by atoms with Crippen molar-refractivity contribution < 1.29 is 0 Å². The molecule has 0 atom stereocenters. The molecule has 0 aliphatic heterocycles. The van der Waals surface area contributed by atoms with Crippen molar-refractivity contribution in [2.75, 3.05) is 5.73 Å². The predicted molar refractivity (Wildman–Crippen MR) is 62.0 cm³/mol. The highest BCUT2D eigenvalue weighted by molar-refractivity contribution is 7.18. The second-order valence-corrected chi connectivity index (χ2v) is 4.59. The van der Waals surface area contributed by atoms with Crippen LogP contribution in [-0.2, 0) is 0 Å². The smallest absolute Gasteiger partial charge is 0.180 e. The SMILES string of the molecule is Nc1ncc(-c2ccc(Cl)cc2Cl)s1. The molecular weight excluding hydrogens is 239 g/mol. The Morgan fingerprint density at radius 3 is 2.64 bits per heavy atom. The summed E-state index contributed by atoms with van der Waals surface area (Å²) in [5, 5.41) is 1.77. The quantitative estimate of drug-likeness (QED) is 0.831. The summed E-state index contributed by atoms with van der Waals surface area (Å²) < 4.78 is 0. The largest absolute Gasteiger partial charge is 0.375 e. The van der Waals surface area contributed by atoms with Crippen LogP contribution in [0.4, 0.5) is 5.13 Å². The van der Waals surface area contributed by atoms with Crippen molar-refractivity contribution in [3.05, 3.63) is 34.4 Å². The van der Waals surface area contributed by atoms with Gasteiger partial charge in [0, 0.05) is 16.8 Å². The van der Waals surface area contributed by atoms with Crippen molar-refractivity contribution in [2.45, 2.75) is 0 Å². The summed E-state index contributed by atoms with van der Waals surface area (Å²) in [5.41, 5.74) is 6.44. The van der Waals surface area contributed by atoms with Gasteiger partial charge in [0.05, 0.1) is 9.90 Å². The lowest BCUT2D eigenvalue weighted by Crippen LogP contribution is -1.77. The van der Waals surface area contributed by atoms with Crippen LogP contribution < -0.4 is 5.73 Å². The number of nitrogens with zero attached hydrogens (tertiary/aromatic N) is 1. The number of halogens is 2. The maximum Gasteiger partial charge on any atom is 0.180 e. The first kappa shape index (κ1) is 9.77. The Kier molecular flexibility index (Phi) is 2.63. The van der Waals surface area contributed by atoms with E-state index in [0.717, 1.165) is 10.4 Å². The lowest BCUT2D eigenvalue weighted by atomic mass is 10.2. The Morgan fingerprint density at radius 2 is 2.07 bits per heavy atom. The zero-order valence-corrected chi connectivity index (χ0v) is 9.33. The Labute approximate surface area is 95.3 Å². The molecule has 1 heterocycles. The molecule has 2 nitrogen and oxygen atoms in total. The van der Waals surface area contributed by atoms with Gasteiger partial charge in [-0.3, -0.25) is 0 Å². The van der Waals surface area contributed by atoms with Crippen molar-refractivity contribution >= 4 is 39.7 Å². The maximum atomic E-state index is 6.03. The van der Waals surface area contributed by atoms with Gasteiger partial charge in [0.2, 0.25) is 0 Å². The van der Waals surface area contributed by atoms with E-state index in [1.807, 2.05) is 6.07 Å². The molecule has 0 radical (unpaired) electrons. The fourth-order valence-corrected chi connectivity index (χ4v) is 2.39. The second-order valence-electron chi connectivity index (χ2n) is 2.69. The number of thiazole rings is 1. The van der Waals surface area contributed by atoms with Crippen LogP contribution in [0.3, 0.4) is 0 Å². The predicted octanol–water partition coefficient (Wildman–Crippen LogP) is 3.70. The summed E-state index contributed by atoms with van der Waals surface area (Å²) in [6.07, 6.45) is 1.70. The molecule has 0 bridgehead atoms. The number of hydrogen-bond acceptors (Lipinski definition) is 3. The highest BCUT2D eigenvalue weighted by atomic mass is 35.5. The zero-order chi connectivity index (χ0) is 10.1. The van der Waals surface area contributed by atoms with E-state index in [9.17, 15) is 0 Å². The van der Waals surface area contributed by atoms with Crippen molar-refractivity contribution in [3.63, 3.8) is 0 Å². The maximum absolute atomic E-state index is 6.03. The fraction of sp³-hybridized carbons (Fsp3) is 0. The molecule has 2 N–H and O–H groups in total. The van der Waals surface area contributed by atoms with Crippen LogP contribution in [0.15, 0.2) is 24.4 Å². The van der Waals surface area contributed by atoms with E-state index < -0.39 is 0 Å². The minimum Gasteiger partial charge on any atom is -0.375 e. The van der Waals surface area contributed by atoms with Gasteiger partial charge in [-0.05, 0) is 12.1 Å². The number of aromatic nitrogens is 1. The molecule has 2 rings (SSSR count). The standard InChI is InChI=1S/C9H6Cl2N2S/c10-5-1-2-6(7(11)3-5)8-4-13-9(12)14-8/h1-4H,(H2,12,13). The number of nitrogens with two attached hydrogens (primary N) is 1. The Balaban J connectivity index is 2.52. The zero-order valence-electron chi connectivity index (χ0n) is 7.00. The average Bonchev–Trinajstić information content (AvgIpc) is 2.51. The average molecular weight is 245 g/mol. The first-order valence-corrected chi connectivity index (χ1v) is 5.41. The fourth-order valence-electron chi connectivity index (χ4n) is 1.10. The number of benzene rings is 1. The molecule has 0 saturated heterocycles. The monoisotopic (exact) mass is 244 g/mol. The van der Waals surface area contributed by atoms with Crippen molar-refractivity contribution in [1.29, 1.82) is 0 Å². The summed E-state index contributed by atoms with van der Waals surface area (Å²) in [6.45, 7) is 0. The van der Waals surface area contributed by atoms with Crippen LogP contribution in [0.1, 0.15) is 0 Å². The molecule has 2 aromatic rings. The molecule has 0 saturated carbocycles. The van der Waals surface area contributed by atoms with Crippen LogP contribution in [0.25, 0.3) is 10.4 Å². The summed E-state index contributed by atoms with van der Waals surface area (Å²) in [5.74, 6) is 0. The van der Waals surface area contributed by atoms with E-state index in [1.165, 1.54) is 11.3 Å². The van der Waals surface area contributed by atoms with Crippen LogP contribution in [-0.4, -0.2) is 4.98 Å². The highest BCUT2D eigenvalue weighted by Gasteiger charge is 2.06.